The number of carbonyl (C=O) groups is 2. The third-order valence-electron chi connectivity index (χ3n) is 3.46. The van der Waals surface area contributed by atoms with Crippen LogP contribution in [-0.4, -0.2) is 41.7 Å². The fraction of sp³-hybridized carbons (Fsp3) is 0.176. The molecule has 0 amide bonds. The van der Waals surface area contributed by atoms with E-state index in [1.807, 2.05) is 0 Å². The van der Waals surface area contributed by atoms with Crippen LogP contribution in [0.5, 0.6) is 5.75 Å². The summed E-state index contributed by atoms with van der Waals surface area (Å²) in [4.78, 5) is 23.5. The van der Waals surface area contributed by atoms with Gasteiger partial charge in [-0.05, 0) is 36.4 Å². The first-order valence-corrected chi connectivity index (χ1v) is 9.26. The molecule has 1 N–H and O–H groups in total. The molecule has 0 heterocycles. The first-order valence-electron chi connectivity index (χ1n) is 7.40. The van der Waals surface area contributed by atoms with Gasteiger partial charge in [-0.1, -0.05) is 11.6 Å². The van der Waals surface area contributed by atoms with Gasteiger partial charge in [0.25, 0.3) is 10.0 Å². The van der Waals surface area contributed by atoms with Crippen LogP contribution < -0.4 is 9.46 Å². The lowest BCUT2D eigenvalue weighted by molar-refractivity contribution is 0.0599. The fourth-order valence-electron chi connectivity index (χ4n) is 2.19. The number of ether oxygens (including phenoxy) is 3. The second kappa shape index (κ2) is 8.28. The molecule has 10 heteroatoms. The minimum absolute atomic E-state index is 0.0223. The molecule has 0 unspecified atom stereocenters. The molecule has 0 aliphatic carbocycles. The molecular weight excluding hydrogens is 398 g/mol. The van der Waals surface area contributed by atoms with Crippen LogP contribution in [0.15, 0.2) is 41.3 Å². The smallest absolute Gasteiger partial charge is 0.337 e. The third-order valence-corrected chi connectivity index (χ3v) is 5.14. The Kier molecular flexibility index (Phi) is 6.29. The van der Waals surface area contributed by atoms with Crippen LogP contribution in [0.1, 0.15) is 20.7 Å². The van der Waals surface area contributed by atoms with Crippen molar-refractivity contribution in [1.82, 2.24) is 0 Å². The first kappa shape index (κ1) is 20.5. The summed E-state index contributed by atoms with van der Waals surface area (Å²) in [6.45, 7) is 0. The Morgan fingerprint density at radius 2 is 1.48 bits per heavy atom. The number of carbonyl (C=O) groups excluding carboxylic acids is 2. The molecule has 0 saturated heterocycles. The van der Waals surface area contributed by atoms with E-state index < -0.39 is 22.0 Å². The second-order valence-corrected chi connectivity index (χ2v) is 7.27. The van der Waals surface area contributed by atoms with Gasteiger partial charge >= 0.3 is 11.9 Å². The zero-order chi connectivity index (χ0) is 20.2. The van der Waals surface area contributed by atoms with E-state index in [-0.39, 0.29) is 26.7 Å². The van der Waals surface area contributed by atoms with Crippen molar-refractivity contribution < 1.29 is 32.2 Å². The Balaban J connectivity index is 2.46. The molecule has 0 aliphatic rings. The molecule has 144 valence electrons. The Morgan fingerprint density at radius 1 is 0.926 bits per heavy atom. The molecule has 2 rings (SSSR count). The lowest BCUT2D eigenvalue weighted by Crippen LogP contribution is -2.15. The molecule has 0 saturated carbocycles. The van der Waals surface area contributed by atoms with Gasteiger partial charge in [0.05, 0.1) is 48.1 Å². The highest BCUT2D eigenvalue weighted by Gasteiger charge is 2.19. The van der Waals surface area contributed by atoms with Crippen LogP contribution in [0, 0.1) is 0 Å². The molecular formula is C17H16ClNO7S. The van der Waals surface area contributed by atoms with E-state index in [4.69, 9.17) is 16.3 Å². The van der Waals surface area contributed by atoms with Crippen molar-refractivity contribution in [2.24, 2.45) is 0 Å². The quantitative estimate of drug-likeness (QED) is 0.725. The molecule has 0 spiro atoms. The Hall–Kier alpha value is -2.78. The van der Waals surface area contributed by atoms with Gasteiger partial charge in [-0.25, -0.2) is 18.0 Å². The maximum absolute atomic E-state index is 12.6. The Labute approximate surface area is 161 Å². The van der Waals surface area contributed by atoms with Crippen LogP contribution >= 0.6 is 11.6 Å². The number of rotatable bonds is 6. The minimum atomic E-state index is -4.05. The lowest BCUT2D eigenvalue weighted by Gasteiger charge is -2.12. The van der Waals surface area contributed by atoms with Gasteiger partial charge < -0.3 is 14.2 Å². The molecule has 8 nitrogen and oxygen atoms in total. The van der Waals surface area contributed by atoms with Crippen LogP contribution in [0.3, 0.4) is 0 Å². The van der Waals surface area contributed by atoms with Gasteiger partial charge in [0.1, 0.15) is 5.75 Å². The maximum atomic E-state index is 12.6. The number of methoxy groups -OCH3 is 3. The number of sulfonamides is 1. The van der Waals surface area contributed by atoms with E-state index in [1.165, 1.54) is 43.5 Å². The summed E-state index contributed by atoms with van der Waals surface area (Å²) in [5.41, 5.74) is -0.0676. The highest BCUT2D eigenvalue weighted by molar-refractivity contribution is 7.92. The third kappa shape index (κ3) is 4.69. The first-order chi connectivity index (χ1) is 12.7. The number of hydrogen-bond acceptors (Lipinski definition) is 7. The topological polar surface area (TPSA) is 108 Å². The normalized spacial score (nSPS) is 10.8. The van der Waals surface area contributed by atoms with Crippen LogP contribution in [-0.2, 0) is 19.5 Å². The SMILES string of the molecule is COC(=O)c1cc(NS(=O)(=O)c2ccc(OC)c(Cl)c2)cc(C(=O)OC)c1. The summed E-state index contributed by atoms with van der Waals surface area (Å²) in [7, 11) is -0.324. The highest BCUT2D eigenvalue weighted by atomic mass is 35.5. The van der Waals surface area contributed by atoms with Crippen molar-refractivity contribution >= 4 is 39.3 Å². The van der Waals surface area contributed by atoms with Crippen LogP contribution in [0.25, 0.3) is 0 Å². The fourth-order valence-corrected chi connectivity index (χ4v) is 3.57. The van der Waals surface area contributed by atoms with Gasteiger partial charge in [-0.15, -0.1) is 0 Å². The second-order valence-electron chi connectivity index (χ2n) is 5.18. The summed E-state index contributed by atoms with van der Waals surface area (Å²) < 4.78 is 41.7. The van der Waals surface area contributed by atoms with E-state index >= 15 is 0 Å². The molecule has 2 aromatic rings. The van der Waals surface area contributed by atoms with Gasteiger partial charge in [0.2, 0.25) is 0 Å². The number of hydrogen-bond donors (Lipinski definition) is 1. The van der Waals surface area contributed by atoms with Gasteiger partial charge in [-0.2, -0.15) is 0 Å². The van der Waals surface area contributed by atoms with E-state index in [1.54, 1.807) is 0 Å². The maximum Gasteiger partial charge on any atom is 0.337 e. The number of nitrogens with one attached hydrogen (secondary N) is 1. The van der Waals surface area contributed by atoms with Gasteiger partial charge in [0, 0.05) is 0 Å². The summed E-state index contributed by atoms with van der Waals surface area (Å²) in [6, 6.07) is 7.63. The Bertz CT molecular complexity index is 955. The summed E-state index contributed by atoms with van der Waals surface area (Å²) in [5.74, 6) is -1.17. The number of esters is 2. The van der Waals surface area contributed by atoms with Crippen molar-refractivity contribution in [3.8, 4) is 5.75 Å². The van der Waals surface area contributed by atoms with E-state index in [9.17, 15) is 18.0 Å². The van der Waals surface area contributed by atoms with E-state index in [0.717, 1.165) is 14.2 Å². The van der Waals surface area contributed by atoms with Crippen molar-refractivity contribution in [1.29, 1.82) is 0 Å². The van der Waals surface area contributed by atoms with Crippen molar-refractivity contribution in [2.75, 3.05) is 26.1 Å². The molecule has 0 aliphatic heterocycles. The average molecular weight is 414 g/mol. The molecule has 0 fully saturated rings. The molecule has 0 radical (unpaired) electrons. The van der Waals surface area contributed by atoms with Crippen molar-refractivity contribution in [3.05, 3.63) is 52.5 Å². The Morgan fingerprint density at radius 3 is 1.93 bits per heavy atom. The van der Waals surface area contributed by atoms with E-state index in [2.05, 4.69) is 14.2 Å². The molecule has 2 aromatic carbocycles. The van der Waals surface area contributed by atoms with Crippen LogP contribution in [0.4, 0.5) is 5.69 Å². The predicted molar refractivity (Wildman–Crippen MR) is 97.9 cm³/mol. The average Bonchev–Trinajstić information content (AvgIpc) is 2.65. The number of halogens is 1. The van der Waals surface area contributed by atoms with E-state index in [0.29, 0.717) is 5.75 Å². The summed E-state index contributed by atoms with van der Waals surface area (Å²) in [6.07, 6.45) is 0. The monoisotopic (exact) mass is 413 g/mol. The number of benzene rings is 2. The zero-order valence-corrected chi connectivity index (χ0v) is 16.2. The van der Waals surface area contributed by atoms with Gasteiger partial charge in [0.15, 0.2) is 0 Å². The minimum Gasteiger partial charge on any atom is -0.495 e. The summed E-state index contributed by atoms with van der Waals surface area (Å²) in [5, 5.41) is 0.110. The zero-order valence-electron chi connectivity index (χ0n) is 14.6. The molecule has 27 heavy (non-hydrogen) atoms. The largest absolute Gasteiger partial charge is 0.495 e. The highest BCUT2D eigenvalue weighted by Crippen LogP contribution is 2.28. The lowest BCUT2D eigenvalue weighted by atomic mass is 10.1. The number of anilines is 1. The van der Waals surface area contributed by atoms with Crippen LogP contribution in [0.2, 0.25) is 5.02 Å². The molecule has 0 aromatic heterocycles. The summed E-state index contributed by atoms with van der Waals surface area (Å²) >= 11 is 5.97. The molecule has 0 atom stereocenters. The van der Waals surface area contributed by atoms with Crippen molar-refractivity contribution in [3.63, 3.8) is 0 Å². The van der Waals surface area contributed by atoms with Crippen molar-refractivity contribution in [2.45, 2.75) is 4.90 Å². The molecule has 0 bridgehead atoms. The van der Waals surface area contributed by atoms with Gasteiger partial charge in [-0.3, -0.25) is 4.72 Å². The standard InChI is InChI=1S/C17H16ClNO7S/c1-24-15-5-4-13(9-14(15)18)27(22,23)19-12-7-10(16(20)25-2)6-11(8-12)17(21)26-3/h4-9,19H,1-3H3. The predicted octanol–water partition coefficient (Wildman–Crippen LogP) is 2.72.